The second-order valence-corrected chi connectivity index (χ2v) is 7.72. The van der Waals surface area contributed by atoms with Crippen LogP contribution in [0.15, 0.2) is 36.5 Å². The first-order valence-corrected chi connectivity index (χ1v) is 10.2. The first-order chi connectivity index (χ1) is 13.2. The molecule has 3 rings (SSSR count). The fourth-order valence-electron chi connectivity index (χ4n) is 3.90. The highest BCUT2D eigenvalue weighted by molar-refractivity contribution is 5.78. The Morgan fingerprint density at radius 3 is 2.70 bits per heavy atom. The summed E-state index contributed by atoms with van der Waals surface area (Å²) >= 11 is 0. The Morgan fingerprint density at radius 2 is 2.00 bits per heavy atom. The highest BCUT2D eigenvalue weighted by Gasteiger charge is 2.26. The highest BCUT2D eigenvalue weighted by atomic mass is 16.2. The Balaban J connectivity index is 1.52. The fraction of sp³-hybridized carbons (Fsp3) is 0.545. The Kier molecular flexibility index (Phi) is 7.04. The van der Waals surface area contributed by atoms with Gasteiger partial charge in [0.05, 0.1) is 12.6 Å². The molecule has 1 N–H and O–H groups in total. The van der Waals surface area contributed by atoms with Crippen LogP contribution in [0.4, 0.5) is 0 Å². The predicted molar refractivity (Wildman–Crippen MR) is 109 cm³/mol. The van der Waals surface area contributed by atoms with E-state index in [4.69, 9.17) is 0 Å². The van der Waals surface area contributed by atoms with Crippen molar-refractivity contribution in [3.8, 4) is 0 Å². The van der Waals surface area contributed by atoms with Crippen LogP contribution in [-0.4, -0.2) is 52.6 Å². The van der Waals surface area contributed by atoms with Gasteiger partial charge >= 0.3 is 0 Å². The Bertz CT molecular complexity index is 704. The molecule has 1 aliphatic heterocycles. The number of H-pyrrole nitrogens is 1. The molecule has 1 aromatic carbocycles. The first-order valence-electron chi connectivity index (χ1n) is 10.2. The predicted octanol–water partition coefficient (Wildman–Crippen LogP) is 3.59. The van der Waals surface area contributed by atoms with E-state index < -0.39 is 0 Å². The van der Waals surface area contributed by atoms with Crippen molar-refractivity contribution < 1.29 is 4.79 Å². The third kappa shape index (κ3) is 5.42. The molecule has 0 atom stereocenters. The topological polar surface area (TPSA) is 52.2 Å². The van der Waals surface area contributed by atoms with Crippen molar-refractivity contribution in [3.63, 3.8) is 0 Å². The lowest BCUT2D eigenvalue weighted by molar-refractivity contribution is -0.131. The first kappa shape index (κ1) is 19.6. The molecule has 0 bridgehead atoms. The summed E-state index contributed by atoms with van der Waals surface area (Å²) in [6.07, 6.45) is 6.94. The molecule has 0 saturated carbocycles. The average molecular weight is 369 g/mol. The van der Waals surface area contributed by atoms with Gasteiger partial charge < -0.3 is 9.80 Å². The van der Waals surface area contributed by atoms with Crippen LogP contribution in [0.5, 0.6) is 0 Å². The molecular weight excluding hydrogens is 336 g/mol. The molecule has 0 unspecified atom stereocenters. The lowest BCUT2D eigenvalue weighted by Gasteiger charge is -2.32. The van der Waals surface area contributed by atoms with Crippen LogP contribution in [0.2, 0.25) is 0 Å². The zero-order valence-electron chi connectivity index (χ0n) is 16.7. The van der Waals surface area contributed by atoms with Gasteiger partial charge in [0.2, 0.25) is 5.91 Å². The maximum atomic E-state index is 12.6. The van der Waals surface area contributed by atoms with Gasteiger partial charge in [-0.05, 0) is 38.4 Å². The number of aromatic amines is 1. The minimum atomic E-state index is 0.240. The molecule has 146 valence electrons. The molecule has 2 aromatic rings. The minimum absolute atomic E-state index is 0.240. The molecular formula is C22H32N4O. The van der Waals surface area contributed by atoms with Crippen LogP contribution >= 0.6 is 0 Å². The summed E-state index contributed by atoms with van der Waals surface area (Å²) in [5.74, 6) is 0.714. The third-order valence-electron chi connectivity index (χ3n) is 5.54. The standard InChI is InChI=1S/C22H32N4O/c1-3-4-12-25(2)17-20-16-23-24-22(20)19-10-13-26(14-11-19)21(27)15-18-8-6-5-7-9-18/h5-9,16,19H,3-4,10-15,17H2,1-2H3,(H,23,24). The van der Waals surface area contributed by atoms with Crippen molar-refractivity contribution in [2.24, 2.45) is 0 Å². The normalized spacial score (nSPS) is 15.4. The van der Waals surface area contributed by atoms with Gasteiger partial charge in [0.1, 0.15) is 0 Å². The van der Waals surface area contributed by atoms with E-state index in [1.807, 2.05) is 41.4 Å². The molecule has 1 aromatic heterocycles. The third-order valence-corrected chi connectivity index (χ3v) is 5.54. The zero-order valence-corrected chi connectivity index (χ0v) is 16.7. The number of hydrogen-bond acceptors (Lipinski definition) is 3. The van der Waals surface area contributed by atoms with Crippen molar-refractivity contribution in [2.75, 3.05) is 26.7 Å². The molecule has 1 saturated heterocycles. The van der Waals surface area contributed by atoms with E-state index in [0.29, 0.717) is 12.3 Å². The highest BCUT2D eigenvalue weighted by Crippen LogP contribution is 2.29. The lowest BCUT2D eigenvalue weighted by atomic mass is 9.91. The second kappa shape index (κ2) is 9.70. The Morgan fingerprint density at radius 1 is 1.26 bits per heavy atom. The fourth-order valence-corrected chi connectivity index (χ4v) is 3.90. The van der Waals surface area contributed by atoms with Crippen LogP contribution in [0.25, 0.3) is 0 Å². The van der Waals surface area contributed by atoms with E-state index in [2.05, 4.69) is 29.1 Å². The maximum absolute atomic E-state index is 12.6. The molecule has 2 heterocycles. The van der Waals surface area contributed by atoms with Crippen LogP contribution in [0.3, 0.4) is 0 Å². The molecule has 0 aliphatic carbocycles. The number of carbonyl (C=O) groups excluding carboxylic acids is 1. The molecule has 1 fully saturated rings. The van der Waals surface area contributed by atoms with Gasteiger partial charge in [0.25, 0.3) is 0 Å². The van der Waals surface area contributed by atoms with Gasteiger partial charge in [-0.1, -0.05) is 43.7 Å². The smallest absolute Gasteiger partial charge is 0.226 e. The quantitative estimate of drug-likeness (QED) is 0.775. The summed E-state index contributed by atoms with van der Waals surface area (Å²) in [5.41, 5.74) is 3.67. The van der Waals surface area contributed by atoms with E-state index in [1.165, 1.54) is 24.1 Å². The number of benzene rings is 1. The Labute approximate surface area is 162 Å². The number of nitrogens with one attached hydrogen (secondary N) is 1. The van der Waals surface area contributed by atoms with Crippen molar-refractivity contribution in [1.82, 2.24) is 20.0 Å². The Hall–Kier alpha value is -2.14. The number of aromatic nitrogens is 2. The molecule has 1 amide bonds. The number of rotatable bonds is 8. The number of piperidine rings is 1. The van der Waals surface area contributed by atoms with Crippen molar-refractivity contribution in [1.29, 1.82) is 0 Å². The number of carbonyl (C=O) groups is 1. The van der Waals surface area contributed by atoms with Gasteiger partial charge in [-0.2, -0.15) is 5.10 Å². The number of hydrogen-bond donors (Lipinski definition) is 1. The van der Waals surface area contributed by atoms with Crippen LogP contribution in [0.1, 0.15) is 55.3 Å². The summed E-state index contributed by atoms with van der Waals surface area (Å²) in [6.45, 7) is 5.96. The molecule has 0 spiro atoms. The largest absolute Gasteiger partial charge is 0.342 e. The van der Waals surface area contributed by atoms with E-state index in [0.717, 1.165) is 44.6 Å². The van der Waals surface area contributed by atoms with Gasteiger partial charge in [0, 0.05) is 36.8 Å². The summed E-state index contributed by atoms with van der Waals surface area (Å²) < 4.78 is 0. The van der Waals surface area contributed by atoms with Gasteiger partial charge in [-0.25, -0.2) is 0 Å². The van der Waals surface area contributed by atoms with Crippen molar-refractivity contribution in [3.05, 3.63) is 53.3 Å². The van der Waals surface area contributed by atoms with E-state index in [-0.39, 0.29) is 5.91 Å². The number of likely N-dealkylation sites (tertiary alicyclic amines) is 1. The monoisotopic (exact) mass is 368 g/mol. The summed E-state index contributed by atoms with van der Waals surface area (Å²) in [5, 5.41) is 7.55. The zero-order chi connectivity index (χ0) is 19.1. The van der Waals surface area contributed by atoms with Crippen LogP contribution < -0.4 is 0 Å². The maximum Gasteiger partial charge on any atom is 0.226 e. The van der Waals surface area contributed by atoms with E-state index in [9.17, 15) is 4.79 Å². The van der Waals surface area contributed by atoms with Crippen molar-refractivity contribution >= 4 is 5.91 Å². The summed E-state index contributed by atoms with van der Waals surface area (Å²) in [4.78, 5) is 17.0. The van der Waals surface area contributed by atoms with Gasteiger partial charge in [-0.15, -0.1) is 0 Å². The average Bonchev–Trinajstić information content (AvgIpc) is 3.15. The minimum Gasteiger partial charge on any atom is -0.342 e. The molecule has 1 aliphatic rings. The summed E-state index contributed by atoms with van der Waals surface area (Å²) in [7, 11) is 2.18. The SMILES string of the molecule is CCCCN(C)Cc1cn[nH]c1C1CCN(C(=O)Cc2ccccc2)CC1. The van der Waals surface area contributed by atoms with Gasteiger partial charge in [0.15, 0.2) is 0 Å². The molecule has 27 heavy (non-hydrogen) atoms. The van der Waals surface area contributed by atoms with Crippen LogP contribution in [-0.2, 0) is 17.8 Å². The second-order valence-electron chi connectivity index (χ2n) is 7.72. The van der Waals surface area contributed by atoms with Crippen molar-refractivity contribution in [2.45, 2.75) is 51.5 Å². The van der Waals surface area contributed by atoms with E-state index in [1.54, 1.807) is 0 Å². The molecule has 5 heteroatoms. The number of unbranched alkanes of at least 4 members (excludes halogenated alkanes) is 1. The van der Waals surface area contributed by atoms with Crippen LogP contribution in [0, 0.1) is 0 Å². The summed E-state index contributed by atoms with van der Waals surface area (Å²) in [6, 6.07) is 10.0. The molecule has 0 radical (unpaired) electrons. The lowest BCUT2D eigenvalue weighted by Crippen LogP contribution is -2.39. The molecule has 5 nitrogen and oxygen atoms in total. The van der Waals surface area contributed by atoms with Gasteiger partial charge in [-0.3, -0.25) is 9.89 Å². The number of amides is 1. The number of nitrogens with zero attached hydrogens (tertiary/aromatic N) is 3. The van der Waals surface area contributed by atoms with E-state index >= 15 is 0 Å².